The summed E-state index contributed by atoms with van der Waals surface area (Å²) in [6.07, 6.45) is 5.53. The van der Waals surface area contributed by atoms with Crippen molar-refractivity contribution in [3.63, 3.8) is 0 Å². The highest BCUT2D eigenvalue weighted by Crippen LogP contribution is 2.18. The number of carbonyl (C=O) groups is 1. The Morgan fingerprint density at radius 2 is 1.81 bits per heavy atom. The summed E-state index contributed by atoms with van der Waals surface area (Å²) in [6.45, 7) is 6.65. The average molecular weight is 444 g/mol. The van der Waals surface area contributed by atoms with Gasteiger partial charge in [0, 0.05) is 44.8 Å². The maximum atomic E-state index is 14.1. The van der Waals surface area contributed by atoms with Crippen LogP contribution in [0.2, 0.25) is 0 Å². The molecule has 1 fully saturated rings. The molecule has 31 heavy (non-hydrogen) atoms. The van der Waals surface area contributed by atoms with Crippen LogP contribution in [0.3, 0.4) is 0 Å². The van der Waals surface area contributed by atoms with E-state index < -0.39 is 20.7 Å². The molecule has 1 saturated heterocycles. The number of carbonyl (C=O) groups excluding carboxylic acids is 1. The molecule has 0 saturated carbocycles. The van der Waals surface area contributed by atoms with E-state index in [4.69, 9.17) is 0 Å². The van der Waals surface area contributed by atoms with Crippen LogP contribution < -0.4 is 4.72 Å². The van der Waals surface area contributed by atoms with E-state index in [9.17, 15) is 17.6 Å². The van der Waals surface area contributed by atoms with Gasteiger partial charge in [-0.1, -0.05) is 48.6 Å². The van der Waals surface area contributed by atoms with E-state index in [-0.39, 0.29) is 18.0 Å². The molecule has 0 bridgehead atoms. The fourth-order valence-corrected chi connectivity index (χ4v) is 4.41. The van der Waals surface area contributed by atoms with Gasteiger partial charge in [-0.2, -0.15) is 0 Å². The summed E-state index contributed by atoms with van der Waals surface area (Å²) in [5, 5.41) is 0. The maximum absolute atomic E-state index is 14.1. The van der Waals surface area contributed by atoms with Crippen molar-refractivity contribution < 1.29 is 17.6 Å². The first-order valence-corrected chi connectivity index (χ1v) is 11.5. The number of nitrogens with zero attached hydrogens (tertiary/aromatic N) is 2. The molecular weight excluding hydrogens is 417 g/mol. The largest absolute Gasteiger partial charge is 0.336 e. The summed E-state index contributed by atoms with van der Waals surface area (Å²) in [5.41, 5.74) is 1.29. The summed E-state index contributed by atoms with van der Waals surface area (Å²) in [4.78, 5) is 16.2. The van der Waals surface area contributed by atoms with Crippen molar-refractivity contribution in [2.75, 3.05) is 39.3 Å². The molecule has 1 aliphatic rings. The highest BCUT2D eigenvalue weighted by molar-refractivity contribution is 7.89. The first kappa shape index (κ1) is 22.9. The normalized spacial score (nSPS) is 15.3. The number of halogens is 1. The van der Waals surface area contributed by atoms with Crippen molar-refractivity contribution >= 4 is 22.0 Å². The Bertz CT molecular complexity index is 1050. The number of amides is 1. The van der Waals surface area contributed by atoms with E-state index in [1.54, 1.807) is 4.90 Å². The summed E-state index contributed by atoms with van der Waals surface area (Å²) in [7, 11) is -4.06. The number of hydrogen-bond acceptors (Lipinski definition) is 4. The third-order valence-corrected chi connectivity index (χ3v) is 6.46. The molecule has 0 atom stereocenters. The highest BCUT2D eigenvalue weighted by Gasteiger charge is 2.25. The van der Waals surface area contributed by atoms with Gasteiger partial charge in [-0.05, 0) is 23.8 Å². The standard InChI is InChI=1S/C23H26FN3O3S/c1-2-12-25-31(29,30)22-18-20(10-11-21(22)24)23(28)27-16-14-26(15-17-27)13-6-9-19-7-4-3-5-8-19/h2-11,18,25H,1,12-17H2. The zero-order chi connectivity index (χ0) is 22.3. The maximum Gasteiger partial charge on any atom is 0.253 e. The lowest BCUT2D eigenvalue weighted by molar-refractivity contribution is 0.0650. The van der Waals surface area contributed by atoms with E-state index in [2.05, 4.69) is 28.4 Å². The molecule has 0 unspecified atom stereocenters. The van der Waals surface area contributed by atoms with Crippen molar-refractivity contribution in [2.45, 2.75) is 4.90 Å². The summed E-state index contributed by atoms with van der Waals surface area (Å²) >= 11 is 0. The van der Waals surface area contributed by atoms with Crippen molar-refractivity contribution in [2.24, 2.45) is 0 Å². The van der Waals surface area contributed by atoms with Crippen LogP contribution in [0.15, 0.2) is 72.2 Å². The minimum absolute atomic E-state index is 0.0272. The Balaban J connectivity index is 1.60. The topological polar surface area (TPSA) is 69.7 Å². The van der Waals surface area contributed by atoms with Crippen molar-refractivity contribution in [3.8, 4) is 0 Å². The van der Waals surface area contributed by atoms with Gasteiger partial charge in [-0.3, -0.25) is 9.69 Å². The van der Waals surface area contributed by atoms with E-state index in [0.29, 0.717) is 26.2 Å². The molecule has 2 aromatic rings. The number of rotatable bonds is 8. The lowest BCUT2D eigenvalue weighted by Gasteiger charge is -2.34. The molecule has 0 aliphatic carbocycles. The van der Waals surface area contributed by atoms with Gasteiger partial charge in [-0.25, -0.2) is 17.5 Å². The number of nitrogens with one attached hydrogen (secondary N) is 1. The second-order valence-electron chi connectivity index (χ2n) is 7.19. The SMILES string of the molecule is C=CCNS(=O)(=O)c1cc(C(=O)N2CCN(CC=Cc3ccccc3)CC2)ccc1F. The number of benzene rings is 2. The lowest BCUT2D eigenvalue weighted by atomic mass is 10.1. The van der Waals surface area contributed by atoms with Gasteiger partial charge in [0.2, 0.25) is 10.0 Å². The van der Waals surface area contributed by atoms with Crippen LogP contribution in [0.5, 0.6) is 0 Å². The minimum Gasteiger partial charge on any atom is -0.336 e. The molecule has 0 aromatic heterocycles. The minimum atomic E-state index is -4.06. The number of sulfonamides is 1. The van der Waals surface area contributed by atoms with Crippen LogP contribution in [-0.4, -0.2) is 63.4 Å². The van der Waals surface area contributed by atoms with Crippen LogP contribution in [0.1, 0.15) is 15.9 Å². The second kappa shape index (κ2) is 10.5. The first-order chi connectivity index (χ1) is 14.9. The molecule has 8 heteroatoms. The predicted octanol–water partition coefficient (Wildman–Crippen LogP) is 2.76. The molecule has 1 N–H and O–H groups in total. The Labute approximate surface area is 182 Å². The molecule has 2 aromatic carbocycles. The molecular formula is C23H26FN3O3S. The van der Waals surface area contributed by atoms with Crippen molar-refractivity contribution in [1.29, 1.82) is 0 Å². The predicted molar refractivity (Wildman–Crippen MR) is 120 cm³/mol. The summed E-state index contributed by atoms with van der Waals surface area (Å²) in [6, 6.07) is 13.5. The third-order valence-electron chi connectivity index (χ3n) is 5.02. The number of hydrogen-bond donors (Lipinski definition) is 1. The highest BCUT2D eigenvalue weighted by atomic mass is 32.2. The molecule has 1 aliphatic heterocycles. The zero-order valence-electron chi connectivity index (χ0n) is 17.2. The second-order valence-corrected chi connectivity index (χ2v) is 8.93. The first-order valence-electron chi connectivity index (χ1n) is 10.0. The van der Waals surface area contributed by atoms with E-state index in [1.165, 1.54) is 12.1 Å². The summed E-state index contributed by atoms with van der Waals surface area (Å²) in [5.74, 6) is -1.21. The van der Waals surface area contributed by atoms with Crippen molar-refractivity contribution in [1.82, 2.24) is 14.5 Å². The smallest absolute Gasteiger partial charge is 0.253 e. The molecule has 164 valence electrons. The molecule has 0 radical (unpaired) electrons. The quantitative estimate of drug-likeness (QED) is 0.637. The lowest BCUT2D eigenvalue weighted by Crippen LogP contribution is -2.48. The average Bonchev–Trinajstić information content (AvgIpc) is 2.79. The van der Waals surface area contributed by atoms with E-state index in [0.717, 1.165) is 24.2 Å². The van der Waals surface area contributed by atoms with Gasteiger partial charge in [0.25, 0.3) is 5.91 Å². The van der Waals surface area contributed by atoms with Crippen LogP contribution >= 0.6 is 0 Å². The third kappa shape index (κ3) is 6.10. The van der Waals surface area contributed by atoms with Gasteiger partial charge in [-0.15, -0.1) is 6.58 Å². The van der Waals surface area contributed by atoms with Crippen LogP contribution in [-0.2, 0) is 10.0 Å². The Morgan fingerprint density at radius 3 is 2.48 bits per heavy atom. The Hall–Kier alpha value is -2.81. The monoisotopic (exact) mass is 443 g/mol. The number of piperazine rings is 1. The van der Waals surface area contributed by atoms with Crippen LogP contribution in [0, 0.1) is 5.82 Å². The van der Waals surface area contributed by atoms with Gasteiger partial charge in [0.05, 0.1) is 0 Å². The van der Waals surface area contributed by atoms with E-state index >= 15 is 0 Å². The van der Waals surface area contributed by atoms with Gasteiger partial charge in [0.1, 0.15) is 10.7 Å². The molecule has 3 rings (SSSR count). The van der Waals surface area contributed by atoms with Gasteiger partial charge in [0.15, 0.2) is 0 Å². The summed E-state index contributed by atoms with van der Waals surface area (Å²) < 4.78 is 40.9. The fraction of sp³-hybridized carbons (Fsp3) is 0.261. The zero-order valence-corrected chi connectivity index (χ0v) is 18.0. The molecule has 0 spiro atoms. The Morgan fingerprint density at radius 1 is 1.10 bits per heavy atom. The van der Waals surface area contributed by atoms with Crippen LogP contribution in [0.25, 0.3) is 6.08 Å². The fourth-order valence-electron chi connectivity index (χ4n) is 3.31. The van der Waals surface area contributed by atoms with Gasteiger partial charge >= 0.3 is 0 Å². The van der Waals surface area contributed by atoms with E-state index in [1.807, 2.05) is 30.3 Å². The Kier molecular flexibility index (Phi) is 7.73. The van der Waals surface area contributed by atoms with Gasteiger partial charge < -0.3 is 4.90 Å². The molecule has 1 amide bonds. The molecule has 6 nitrogen and oxygen atoms in total. The van der Waals surface area contributed by atoms with Crippen molar-refractivity contribution in [3.05, 3.63) is 84.2 Å². The molecule has 1 heterocycles. The van der Waals surface area contributed by atoms with Crippen LogP contribution in [0.4, 0.5) is 4.39 Å².